The number of amides is 2. The minimum absolute atomic E-state index is 0.136. The molecule has 1 aliphatic heterocycles. The van der Waals surface area contributed by atoms with Crippen LogP contribution in [-0.4, -0.2) is 41.1 Å². The Kier molecular flexibility index (Phi) is 7.61. The van der Waals surface area contributed by atoms with Gasteiger partial charge < -0.3 is 10.6 Å². The van der Waals surface area contributed by atoms with E-state index in [1.165, 1.54) is 10.8 Å². The Hall–Kier alpha value is -2.44. The van der Waals surface area contributed by atoms with Gasteiger partial charge in [-0.2, -0.15) is 0 Å². The average Bonchev–Trinajstić information content (AvgIpc) is 2.73. The molecule has 156 valence electrons. The molecule has 4 N–H and O–H groups in total. The average molecular weight is 398 g/mol. The molecule has 6 nitrogen and oxygen atoms in total. The third-order valence-corrected chi connectivity index (χ3v) is 5.86. The van der Waals surface area contributed by atoms with Gasteiger partial charge >= 0.3 is 0 Å². The van der Waals surface area contributed by atoms with E-state index in [0.29, 0.717) is 25.2 Å². The molecule has 1 heterocycles. The Morgan fingerprint density at radius 2 is 1.86 bits per heavy atom. The standard InChI is InChI=1S/C23H31N3O3/c24-21(15-18-8-9-19-5-1-2-6-20(19)14-18)16-23(28)26-12-10-17(11-13-26)4-3-7-22(27)25-29/h1-2,5-6,8-9,14,17,21,29H,3-4,7,10-13,15-16,24H2,(H,25,27). The van der Waals surface area contributed by atoms with Gasteiger partial charge in [0.05, 0.1) is 0 Å². The summed E-state index contributed by atoms with van der Waals surface area (Å²) in [7, 11) is 0. The summed E-state index contributed by atoms with van der Waals surface area (Å²) in [6, 6.07) is 14.4. The first-order chi connectivity index (χ1) is 14.0. The zero-order valence-electron chi connectivity index (χ0n) is 16.8. The molecule has 1 atom stereocenters. The molecule has 0 saturated carbocycles. The van der Waals surface area contributed by atoms with Crippen LogP contribution in [0, 0.1) is 5.92 Å². The van der Waals surface area contributed by atoms with Crippen molar-refractivity contribution in [3.63, 3.8) is 0 Å². The van der Waals surface area contributed by atoms with E-state index in [1.54, 1.807) is 5.48 Å². The first-order valence-corrected chi connectivity index (χ1v) is 10.5. The molecule has 0 bridgehead atoms. The molecule has 1 saturated heterocycles. The third-order valence-electron chi connectivity index (χ3n) is 5.86. The number of nitrogens with zero attached hydrogens (tertiary/aromatic N) is 1. The largest absolute Gasteiger partial charge is 0.343 e. The number of hydrogen-bond donors (Lipinski definition) is 3. The van der Waals surface area contributed by atoms with Gasteiger partial charge in [-0.05, 0) is 54.4 Å². The third kappa shape index (κ3) is 6.27. The minimum atomic E-state index is -0.335. The van der Waals surface area contributed by atoms with Crippen LogP contribution in [0.3, 0.4) is 0 Å². The highest BCUT2D eigenvalue weighted by molar-refractivity contribution is 5.83. The number of nitrogens with one attached hydrogen (secondary N) is 1. The van der Waals surface area contributed by atoms with Crippen LogP contribution >= 0.6 is 0 Å². The van der Waals surface area contributed by atoms with Crippen molar-refractivity contribution in [1.82, 2.24) is 10.4 Å². The van der Waals surface area contributed by atoms with Crippen molar-refractivity contribution in [3.05, 3.63) is 48.0 Å². The first kappa shape index (κ1) is 21.3. The second-order valence-corrected chi connectivity index (χ2v) is 8.10. The van der Waals surface area contributed by atoms with Gasteiger partial charge in [-0.1, -0.05) is 42.5 Å². The van der Waals surface area contributed by atoms with Crippen molar-refractivity contribution in [2.45, 2.75) is 51.0 Å². The summed E-state index contributed by atoms with van der Waals surface area (Å²) >= 11 is 0. The monoisotopic (exact) mass is 397 g/mol. The summed E-state index contributed by atoms with van der Waals surface area (Å²) in [5.74, 6) is 0.339. The molecule has 0 aliphatic carbocycles. The Labute approximate surface area is 172 Å². The van der Waals surface area contributed by atoms with Crippen LogP contribution < -0.4 is 11.2 Å². The minimum Gasteiger partial charge on any atom is -0.343 e. The number of piperidine rings is 1. The summed E-state index contributed by atoms with van der Waals surface area (Å²) in [5, 5.41) is 10.9. The molecule has 2 aromatic carbocycles. The fourth-order valence-electron chi connectivity index (χ4n) is 4.17. The van der Waals surface area contributed by atoms with Gasteiger partial charge in [0, 0.05) is 32.0 Å². The molecular weight excluding hydrogens is 366 g/mol. The van der Waals surface area contributed by atoms with Crippen LogP contribution in [0.1, 0.15) is 44.1 Å². The lowest BCUT2D eigenvalue weighted by Gasteiger charge is -2.32. The molecule has 1 fully saturated rings. The Morgan fingerprint density at radius 1 is 1.14 bits per heavy atom. The van der Waals surface area contributed by atoms with Crippen LogP contribution in [-0.2, 0) is 16.0 Å². The van der Waals surface area contributed by atoms with Crippen LogP contribution in [0.4, 0.5) is 0 Å². The lowest BCUT2D eigenvalue weighted by molar-refractivity contribution is -0.133. The van der Waals surface area contributed by atoms with Crippen molar-refractivity contribution in [1.29, 1.82) is 0 Å². The van der Waals surface area contributed by atoms with Crippen molar-refractivity contribution in [2.75, 3.05) is 13.1 Å². The van der Waals surface area contributed by atoms with E-state index >= 15 is 0 Å². The Balaban J connectivity index is 1.41. The van der Waals surface area contributed by atoms with Crippen molar-refractivity contribution >= 4 is 22.6 Å². The summed E-state index contributed by atoms with van der Waals surface area (Å²) in [6.07, 6.45) is 5.06. The lowest BCUT2D eigenvalue weighted by Crippen LogP contribution is -2.41. The molecule has 2 amide bonds. The van der Waals surface area contributed by atoms with Crippen LogP contribution in [0.15, 0.2) is 42.5 Å². The number of fused-ring (bicyclic) bond motifs is 1. The topological polar surface area (TPSA) is 95.7 Å². The normalized spacial score (nSPS) is 16.0. The summed E-state index contributed by atoms with van der Waals surface area (Å²) in [5.41, 5.74) is 9.11. The van der Waals surface area contributed by atoms with Crippen molar-refractivity contribution in [2.24, 2.45) is 11.7 Å². The maximum Gasteiger partial charge on any atom is 0.243 e. The van der Waals surface area contributed by atoms with Gasteiger partial charge in [-0.25, -0.2) is 5.48 Å². The number of carbonyl (C=O) groups excluding carboxylic acids is 2. The van der Waals surface area contributed by atoms with Gasteiger partial charge in [0.25, 0.3) is 0 Å². The zero-order chi connectivity index (χ0) is 20.6. The maximum absolute atomic E-state index is 12.6. The number of hydroxylamine groups is 1. The Bertz CT molecular complexity index is 831. The van der Waals surface area contributed by atoms with E-state index < -0.39 is 0 Å². The molecule has 3 rings (SSSR count). The maximum atomic E-state index is 12.6. The number of rotatable bonds is 8. The SMILES string of the molecule is NC(CC(=O)N1CCC(CCCC(=O)NO)CC1)Cc1ccc2ccccc2c1. The number of nitrogens with two attached hydrogens (primary N) is 1. The predicted molar refractivity (Wildman–Crippen MR) is 113 cm³/mol. The summed E-state index contributed by atoms with van der Waals surface area (Å²) < 4.78 is 0. The lowest BCUT2D eigenvalue weighted by atomic mass is 9.91. The summed E-state index contributed by atoms with van der Waals surface area (Å²) in [4.78, 5) is 25.6. The van der Waals surface area contributed by atoms with Crippen molar-refractivity contribution < 1.29 is 14.8 Å². The van der Waals surface area contributed by atoms with E-state index in [-0.39, 0.29) is 17.9 Å². The van der Waals surface area contributed by atoms with E-state index in [2.05, 4.69) is 30.3 Å². The van der Waals surface area contributed by atoms with Gasteiger partial charge in [-0.3, -0.25) is 14.8 Å². The Morgan fingerprint density at radius 3 is 2.59 bits per heavy atom. The quantitative estimate of drug-likeness (QED) is 0.471. The van der Waals surface area contributed by atoms with E-state index in [9.17, 15) is 9.59 Å². The molecule has 29 heavy (non-hydrogen) atoms. The van der Waals surface area contributed by atoms with E-state index in [1.807, 2.05) is 17.0 Å². The number of benzene rings is 2. The highest BCUT2D eigenvalue weighted by Crippen LogP contribution is 2.23. The zero-order valence-corrected chi connectivity index (χ0v) is 16.8. The number of hydrogen-bond acceptors (Lipinski definition) is 4. The molecule has 0 radical (unpaired) electrons. The number of likely N-dealkylation sites (tertiary alicyclic amines) is 1. The molecule has 6 heteroatoms. The van der Waals surface area contributed by atoms with Gasteiger partial charge in [0.15, 0.2) is 0 Å². The molecular formula is C23H31N3O3. The van der Waals surface area contributed by atoms with Gasteiger partial charge in [0.2, 0.25) is 11.8 Å². The van der Waals surface area contributed by atoms with Crippen LogP contribution in [0.5, 0.6) is 0 Å². The number of carbonyl (C=O) groups is 2. The molecule has 2 aromatic rings. The van der Waals surface area contributed by atoms with Gasteiger partial charge in [0.1, 0.15) is 0 Å². The second kappa shape index (κ2) is 10.4. The smallest absolute Gasteiger partial charge is 0.243 e. The molecule has 0 spiro atoms. The van der Waals surface area contributed by atoms with Crippen LogP contribution in [0.2, 0.25) is 0 Å². The van der Waals surface area contributed by atoms with E-state index in [4.69, 9.17) is 10.9 Å². The molecule has 1 unspecified atom stereocenters. The fraction of sp³-hybridized carbons (Fsp3) is 0.478. The predicted octanol–water partition coefficient (Wildman–Crippen LogP) is 3.01. The summed E-state index contributed by atoms with van der Waals surface area (Å²) in [6.45, 7) is 1.52. The molecule has 0 aromatic heterocycles. The molecule has 1 aliphatic rings. The van der Waals surface area contributed by atoms with E-state index in [0.717, 1.165) is 44.3 Å². The van der Waals surface area contributed by atoms with Gasteiger partial charge in [-0.15, -0.1) is 0 Å². The van der Waals surface area contributed by atoms with Crippen LogP contribution in [0.25, 0.3) is 10.8 Å². The van der Waals surface area contributed by atoms with Crippen molar-refractivity contribution in [3.8, 4) is 0 Å². The fourth-order valence-corrected chi connectivity index (χ4v) is 4.17. The highest BCUT2D eigenvalue weighted by atomic mass is 16.5. The highest BCUT2D eigenvalue weighted by Gasteiger charge is 2.24. The first-order valence-electron chi connectivity index (χ1n) is 10.5. The second-order valence-electron chi connectivity index (χ2n) is 8.10.